The highest BCUT2D eigenvalue weighted by Crippen LogP contribution is 2.32. The van der Waals surface area contributed by atoms with Crippen molar-refractivity contribution in [3.8, 4) is 0 Å². The number of anilines is 1. The molecule has 5 nitrogen and oxygen atoms in total. The minimum atomic E-state index is -4.53. The molecule has 1 aliphatic rings. The van der Waals surface area contributed by atoms with Crippen LogP contribution in [0, 0.1) is 5.82 Å². The molecule has 0 saturated carbocycles. The Morgan fingerprint density at radius 2 is 1.93 bits per heavy atom. The number of nitrogens with zero attached hydrogens (tertiary/aromatic N) is 1. The number of halogens is 4. The minimum Gasteiger partial charge on any atom is -0.442 e. The lowest BCUT2D eigenvalue weighted by Crippen LogP contribution is -2.35. The van der Waals surface area contributed by atoms with Crippen LogP contribution < -0.4 is 10.2 Å². The molecule has 1 N–H and O–H groups in total. The minimum absolute atomic E-state index is 0.0396. The zero-order chi connectivity index (χ0) is 19.6. The van der Waals surface area contributed by atoms with Gasteiger partial charge in [-0.1, -0.05) is 18.2 Å². The summed E-state index contributed by atoms with van der Waals surface area (Å²) in [7, 11) is 0. The van der Waals surface area contributed by atoms with Gasteiger partial charge in [-0.3, -0.25) is 9.69 Å². The molecule has 2 aromatic rings. The fourth-order valence-corrected chi connectivity index (χ4v) is 2.64. The number of alkyl halides is 3. The molecule has 3 rings (SSSR count). The van der Waals surface area contributed by atoms with Crippen LogP contribution in [0.1, 0.15) is 15.9 Å². The van der Waals surface area contributed by atoms with Crippen LogP contribution in [0.5, 0.6) is 0 Å². The van der Waals surface area contributed by atoms with Gasteiger partial charge in [0.15, 0.2) is 0 Å². The zero-order valence-electron chi connectivity index (χ0n) is 13.8. The van der Waals surface area contributed by atoms with Gasteiger partial charge in [-0.05, 0) is 30.3 Å². The Kier molecular flexibility index (Phi) is 5.02. The van der Waals surface area contributed by atoms with Crippen LogP contribution in [0.25, 0.3) is 0 Å². The van der Waals surface area contributed by atoms with Crippen molar-refractivity contribution in [2.45, 2.75) is 12.3 Å². The van der Waals surface area contributed by atoms with Gasteiger partial charge in [0.25, 0.3) is 5.91 Å². The summed E-state index contributed by atoms with van der Waals surface area (Å²) < 4.78 is 57.1. The van der Waals surface area contributed by atoms with E-state index < -0.39 is 35.7 Å². The predicted octanol–water partition coefficient (Wildman–Crippen LogP) is 3.60. The van der Waals surface area contributed by atoms with E-state index in [2.05, 4.69) is 5.32 Å². The third kappa shape index (κ3) is 4.18. The highest BCUT2D eigenvalue weighted by atomic mass is 19.4. The SMILES string of the molecule is O=C(NCC1CN(c2cccc(C(F)(F)F)c2)C(=O)O1)c1ccccc1F. The molecule has 0 spiro atoms. The maximum Gasteiger partial charge on any atom is 0.416 e. The third-order valence-electron chi connectivity index (χ3n) is 3.97. The highest BCUT2D eigenvalue weighted by molar-refractivity contribution is 5.94. The van der Waals surface area contributed by atoms with Gasteiger partial charge in [0.05, 0.1) is 24.2 Å². The Balaban J connectivity index is 1.64. The van der Waals surface area contributed by atoms with E-state index in [1.807, 2.05) is 0 Å². The second-order valence-corrected chi connectivity index (χ2v) is 5.85. The monoisotopic (exact) mass is 382 g/mol. The summed E-state index contributed by atoms with van der Waals surface area (Å²) in [6, 6.07) is 9.69. The van der Waals surface area contributed by atoms with E-state index >= 15 is 0 Å². The predicted molar refractivity (Wildman–Crippen MR) is 87.8 cm³/mol. The maximum absolute atomic E-state index is 13.6. The van der Waals surface area contributed by atoms with Gasteiger partial charge in [0, 0.05) is 5.69 Å². The fraction of sp³-hybridized carbons (Fsp3) is 0.222. The van der Waals surface area contributed by atoms with E-state index in [-0.39, 0.29) is 24.3 Å². The first-order chi connectivity index (χ1) is 12.8. The Labute approximate surface area is 151 Å². The van der Waals surface area contributed by atoms with Crippen LogP contribution in [0.2, 0.25) is 0 Å². The molecule has 1 saturated heterocycles. The van der Waals surface area contributed by atoms with Crippen LogP contribution in [-0.4, -0.2) is 31.2 Å². The summed E-state index contributed by atoms with van der Waals surface area (Å²) in [6.07, 6.45) is -6.13. The van der Waals surface area contributed by atoms with Gasteiger partial charge in [0.1, 0.15) is 11.9 Å². The molecule has 1 aliphatic heterocycles. The first-order valence-electron chi connectivity index (χ1n) is 7.94. The van der Waals surface area contributed by atoms with Crippen molar-refractivity contribution in [3.05, 3.63) is 65.5 Å². The molecule has 2 amide bonds. The average Bonchev–Trinajstić information content (AvgIpc) is 3.00. The average molecular weight is 382 g/mol. The Bertz CT molecular complexity index is 870. The lowest BCUT2D eigenvalue weighted by Gasteiger charge is -2.15. The van der Waals surface area contributed by atoms with Crippen molar-refractivity contribution >= 4 is 17.7 Å². The van der Waals surface area contributed by atoms with Crippen LogP contribution in [-0.2, 0) is 10.9 Å². The quantitative estimate of drug-likeness (QED) is 0.822. The van der Waals surface area contributed by atoms with Crippen LogP contribution in [0.15, 0.2) is 48.5 Å². The number of benzene rings is 2. The molecular weight excluding hydrogens is 368 g/mol. The second-order valence-electron chi connectivity index (χ2n) is 5.85. The molecule has 1 fully saturated rings. The maximum atomic E-state index is 13.6. The molecule has 0 radical (unpaired) electrons. The van der Waals surface area contributed by atoms with Crippen molar-refractivity contribution in [1.82, 2.24) is 5.32 Å². The van der Waals surface area contributed by atoms with E-state index in [4.69, 9.17) is 4.74 Å². The Hall–Kier alpha value is -3.10. The van der Waals surface area contributed by atoms with Gasteiger partial charge in [0.2, 0.25) is 0 Å². The van der Waals surface area contributed by atoms with Crippen molar-refractivity contribution < 1.29 is 31.9 Å². The number of carbonyl (C=O) groups is 2. The number of hydrogen-bond donors (Lipinski definition) is 1. The van der Waals surface area contributed by atoms with Crippen LogP contribution in [0.3, 0.4) is 0 Å². The van der Waals surface area contributed by atoms with E-state index in [0.717, 1.165) is 23.1 Å². The summed E-state index contributed by atoms with van der Waals surface area (Å²) in [5, 5.41) is 2.45. The smallest absolute Gasteiger partial charge is 0.416 e. The topological polar surface area (TPSA) is 58.6 Å². The number of hydrogen-bond acceptors (Lipinski definition) is 3. The van der Waals surface area contributed by atoms with Crippen molar-refractivity contribution in [3.63, 3.8) is 0 Å². The van der Waals surface area contributed by atoms with E-state index in [9.17, 15) is 27.2 Å². The van der Waals surface area contributed by atoms with Gasteiger partial charge < -0.3 is 10.1 Å². The molecule has 0 aliphatic carbocycles. The number of ether oxygens (including phenoxy) is 1. The van der Waals surface area contributed by atoms with Crippen molar-refractivity contribution in [2.75, 3.05) is 18.0 Å². The molecule has 9 heteroatoms. The van der Waals surface area contributed by atoms with Crippen molar-refractivity contribution in [1.29, 1.82) is 0 Å². The molecule has 142 valence electrons. The molecule has 0 bridgehead atoms. The first-order valence-corrected chi connectivity index (χ1v) is 7.94. The molecule has 0 aromatic heterocycles. The van der Waals surface area contributed by atoms with Gasteiger partial charge in [-0.25, -0.2) is 9.18 Å². The summed E-state index contributed by atoms with van der Waals surface area (Å²) >= 11 is 0. The molecule has 1 heterocycles. The molecule has 27 heavy (non-hydrogen) atoms. The number of carbonyl (C=O) groups excluding carboxylic acids is 2. The van der Waals surface area contributed by atoms with Gasteiger partial charge in [-0.15, -0.1) is 0 Å². The van der Waals surface area contributed by atoms with Crippen LogP contribution in [0.4, 0.5) is 28.0 Å². The van der Waals surface area contributed by atoms with E-state index in [0.29, 0.717) is 0 Å². The first kappa shape index (κ1) is 18.7. The van der Waals surface area contributed by atoms with E-state index in [1.54, 1.807) is 0 Å². The largest absolute Gasteiger partial charge is 0.442 e. The molecule has 1 unspecified atom stereocenters. The number of amides is 2. The van der Waals surface area contributed by atoms with Crippen LogP contribution >= 0.6 is 0 Å². The number of cyclic esters (lactones) is 1. The lowest BCUT2D eigenvalue weighted by atomic mass is 10.1. The zero-order valence-corrected chi connectivity index (χ0v) is 13.8. The summed E-state index contributed by atoms with van der Waals surface area (Å²) in [5.74, 6) is -1.37. The van der Waals surface area contributed by atoms with E-state index in [1.165, 1.54) is 30.3 Å². The molecular formula is C18H14F4N2O3. The normalized spacial score (nSPS) is 17.0. The lowest BCUT2D eigenvalue weighted by molar-refractivity contribution is -0.137. The highest BCUT2D eigenvalue weighted by Gasteiger charge is 2.35. The third-order valence-corrected chi connectivity index (χ3v) is 3.97. The number of nitrogens with one attached hydrogen (secondary N) is 1. The summed E-state index contributed by atoms with van der Waals surface area (Å²) in [6.45, 7) is -0.147. The van der Waals surface area contributed by atoms with Gasteiger partial charge in [-0.2, -0.15) is 13.2 Å². The number of rotatable bonds is 4. The molecule has 2 aromatic carbocycles. The fourth-order valence-electron chi connectivity index (χ4n) is 2.64. The molecule has 1 atom stereocenters. The Morgan fingerprint density at radius 3 is 2.63 bits per heavy atom. The van der Waals surface area contributed by atoms with Crippen molar-refractivity contribution in [2.24, 2.45) is 0 Å². The Morgan fingerprint density at radius 1 is 1.19 bits per heavy atom. The van der Waals surface area contributed by atoms with Gasteiger partial charge >= 0.3 is 12.3 Å². The summed E-state index contributed by atoms with van der Waals surface area (Å²) in [5.41, 5.74) is -1.00. The standard InChI is InChI=1S/C18H14F4N2O3/c19-15-7-2-1-6-14(15)16(25)23-9-13-10-24(17(26)27-13)12-5-3-4-11(8-12)18(20,21)22/h1-8,13H,9-10H2,(H,23,25). The summed E-state index contributed by atoms with van der Waals surface area (Å²) in [4.78, 5) is 25.0. The second kappa shape index (κ2) is 7.26.